The molecule has 1 saturated heterocycles. The van der Waals surface area contributed by atoms with E-state index in [2.05, 4.69) is 16.8 Å². The fourth-order valence-electron chi connectivity index (χ4n) is 2.36. The van der Waals surface area contributed by atoms with Crippen molar-refractivity contribution in [1.29, 1.82) is 0 Å². The molecule has 1 aromatic carbocycles. The molecular formula is C14H19Cl2FN2. The first-order valence-corrected chi connectivity index (χ1v) is 6.54. The van der Waals surface area contributed by atoms with Crippen molar-refractivity contribution in [3.63, 3.8) is 0 Å². The summed E-state index contributed by atoms with van der Waals surface area (Å²) in [5.41, 5.74) is 1.17. The average molecular weight is 305 g/mol. The maximum atomic E-state index is 14.3. The minimum absolute atomic E-state index is 0. The Kier molecular flexibility index (Phi) is 6.27. The van der Waals surface area contributed by atoms with Crippen LogP contribution in [0.5, 0.6) is 0 Å². The van der Waals surface area contributed by atoms with Crippen LogP contribution in [0.2, 0.25) is 5.02 Å². The zero-order valence-electron chi connectivity index (χ0n) is 11.0. The van der Waals surface area contributed by atoms with E-state index in [4.69, 9.17) is 11.6 Å². The monoisotopic (exact) mass is 304 g/mol. The van der Waals surface area contributed by atoms with Crippen molar-refractivity contribution in [3.05, 3.63) is 46.8 Å². The van der Waals surface area contributed by atoms with Crippen LogP contribution in [0.4, 0.5) is 4.39 Å². The van der Waals surface area contributed by atoms with E-state index in [-0.39, 0.29) is 24.3 Å². The number of nitrogens with one attached hydrogen (secondary N) is 1. The largest absolute Gasteiger partial charge is 0.314 e. The number of rotatable bonds is 3. The van der Waals surface area contributed by atoms with Gasteiger partial charge in [-0.3, -0.25) is 4.90 Å². The smallest absolute Gasteiger partial charge is 0.132 e. The van der Waals surface area contributed by atoms with Crippen LogP contribution in [0.25, 0.3) is 0 Å². The number of hydrogen-bond acceptors (Lipinski definition) is 2. The molecule has 0 aliphatic carbocycles. The molecule has 0 unspecified atom stereocenters. The van der Waals surface area contributed by atoms with Crippen molar-refractivity contribution >= 4 is 24.0 Å². The standard InChI is InChI=1S/C14H18ClFN2.ClH/c1-3-12(18-8-6-17-7-9-18)13-11(15)5-4-10(2)14(13)16;/h3-5,12,17H,1,6-9H2,2H3;1H/t12-;/m1./s1. The molecule has 1 aromatic rings. The van der Waals surface area contributed by atoms with E-state index in [1.165, 1.54) is 0 Å². The molecule has 0 aromatic heterocycles. The van der Waals surface area contributed by atoms with Crippen LogP contribution in [0, 0.1) is 12.7 Å². The maximum Gasteiger partial charge on any atom is 0.132 e. The second kappa shape index (κ2) is 7.25. The predicted octanol–water partition coefficient (Wildman–Crippen LogP) is 3.34. The van der Waals surface area contributed by atoms with Gasteiger partial charge in [0.2, 0.25) is 0 Å². The van der Waals surface area contributed by atoms with Crippen molar-refractivity contribution < 1.29 is 4.39 Å². The van der Waals surface area contributed by atoms with Gasteiger partial charge in [-0.25, -0.2) is 4.39 Å². The molecule has 0 amide bonds. The van der Waals surface area contributed by atoms with E-state index in [0.717, 1.165) is 26.2 Å². The van der Waals surface area contributed by atoms with Gasteiger partial charge < -0.3 is 5.32 Å². The molecule has 1 fully saturated rings. The minimum atomic E-state index is -0.217. The highest BCUT2D eigenvalue weighted by atomic mass is 35.5. The second-order valence-electron chi connectivity index (χ2n) is 4.56. The normalized spacial score (nSPS) is 17.6. The van der Waals surface area contributed by atoms with Crippen LogP contribution in [0.15, 0.2) is 24.8 Å². The summed E-state index contributed by atoms with van der Waals surface area (Å²) in [5, 5.41) is 3.76. The fourth-order valence-corrected chi connectivity index (χ4v) is 2.62. The quantitative estimate of drug-likeness (QED) is 0.862. The summed E-state index contributed by atoms with van der Waals surface area (Å²) in [6, 6.07) is 3.31. The zero-order valence-corrected chi connectivity index (χ0v) is 12.5. The highest BCUT2D eigenvalue weighted by Gasteiger charge is 2.24. The lowest BCUT2D eigenvalue weighted by Crippen LogP contribution is -2.44. The summed E-state index contributed by atoms with van der Waals surface area (Å²) in [7, 11) is 0. The van der Waals surface area contributed by atoms with Crippen LogP contribution >= 0.6 is 24.0 Å². The van der Waals surface area contributed by atoms with Crippen molar-refractivity contribution in [3.8, 4) is 0 Å². The molecule has 1 aliphatic heterocycles. The maximum absolute atomic E-state index is 14.3. The van der Waals surface area contributed by atoms with Gasteiger partial charge in [0.1, 0.15) is 5.82 Å². The van der Waals surface area contributed by atoms with E-state index in [1.807, 2.05) is 0 Å². The highest BCUT2D eigenvalue weighted by Crippen LogP contribution is 2.32. The Labute approximate surface area is 125 Å². The molecule has 1 N–H and O–H groups in total. The molecule has 1 atom stereocenters. The molecule has 2 rings (SSSR count). The van der Waals surface area contributed by atoms with E-state index >= 15 is 0 Å². The van der Waals surface area contributed by atoms with Crippen LogP contribution in [0.1, 0.15) is 17.2 Å². The number of piperazine rings is 1. The Morgan fingerprint density at radius 1 is 1.42 bits per heavy atom. The minimum Gasteiger partial charge on any atom is -0.314 e. The molecule has 1 aliphatic rings. The van der Waals surface area contributed by atoms with Crippen LogP contribution in [-0.2, 0) is 0 Å². The second-order valence-corrected chi connectivity index (χ2v) is 4.97. The lowest BCUT2D eigenvalue weighted by molar-refractivity contribution is 0.200. The molecule has 0 spiro atoms. The topological polar surface area (TPSA) is 15.3 Å². The molecule has 1 heterocycles. The van der Waals surface area contributed by atoms with Gasteiger partial charge in [0.05, 0.1) is 6.04 Å². The van der Waals surface area contributed by atoms with Crippen molar-refractivity contribution in [2.45, 2.75) is 13.0 Å². The lowest BCUT2D eigenvalue weighted by Gasteiger charge is -2.34. The summed E-state index contributed by atoms with van der Waals surface area (Å²) in [5.74, 6) is -0.217. The Bertz CT molecular complexity index is 445. The van der Waals surface area contributed by atoms with E-state index in [1.54, 1.807) is 25.1 Å². The molecule has 0 bridgehead atoms. The highest BCUT2D eigenvalue weighted by molar-refractivity contribution is 6.31. The third-order valence-electron chi connectivity index (χ3n) is 3.38. The molecule has 0 saturated carbocycles. The van der Waals surface area contributed by atoms with Gasteiger partial charge in [0.15, 0.2) is 0 Å². The number of benzene rings is 1. The molecular weight excluding hydrogens is 286 g/mol. The van der Waals surface area contributed by atoms with Gasteiger partial charge in [0.25, 0.3) is 0 Å². The third kappa shape index (κ3) is 3.48. The van der Waals surface area contributed by atoms with Crippen LogP contribution < -0.4 is 5.32 Å². The Hall–Kier alpha value is -0.610. The van der Waals surface area contributed by atoms with E-state index in [0.29, 0.717) is 16.1 Å². The van der Waals surface area contributed by atoms with Crippen LogP contribution in [-0.4, -0.2) is 31.1 Å². The Morgan fingerprint density at radius 2 is 2.05 bits per heavy atom. The summed E-state index contributed by atoms with van der Waals surface area (Å²) < 4.78 is 14.3. The predicted molar refractivity (Wildman–Crippen MR) is 80.8 cm³/mol. The zero-order chi connectivity index (χ0) is 13.1. The van der Waals surface area contributed by atoms with Crippen LogP contribution in [0.3, 0.4) is 0 Å². The molecule has 5 heteroatoms. The summed E-state index contributed by atoms with van der Waals surface area (Å²) in [4.78, 5) is 2.20. The molecule has 0 radical (unpaired) electrons. The summed E-state index contributed by atoms with van der Waals surface area (Å²) in [6.45, 7) is 9.17. The average Bonchev–Trinajstić information content (AvgIpc) is 2.40. The molecule has 106 valence electrons. The first kappa shape index (κ1) is 16.4. The van der Waals surface area contributed by atoms with Crippen molar-refractivity contribution in [2.24, 2.45) is 0 Å². The van der Waals surface area contributed by atoms with Gasteiger partial charge in [-0.05, 0) is 18.6 Å². The van der Waals surface area contributed by atoms with E-state index < -0.39 is 0 Å². The van der Waals surface area contributed by atoms with Gasteiger partial charge in [-0.1, -0.05) is 23.7 Å². The summed E-state index contributed by atoms with van der Waals surface area (Å²) in [6.07, 6.45) is 1.77. The van der Waals surface area contributed by atoms with Gasteiger partial charge in [0, 0.05) is 36.8 Å². The van der Waals surface area contributed by atoms with Gasteiger partial charge in [-0.2, -0.15) is 0 Å². The number of nitrogens with zero attached hydrogens (tertiary/aromatic N) is 1. The SMILES string of the molecule is C=C[C@H](c1c(Cl)ccc(C)c1F)N1CCNCC1.Cl. The third-order valence-corrected chi connectivity index (χ3v) is 3.71. The first-order valence-electron chi connectivity index (χ1n) is 6.17. The van der Waals surface area contributed by atoms with E-state index in [9.17, 15) is 4.39 Å². The number of halogens is 3. The van der Waals surface area contributed by atoms with Gasteiger partial charge >= 0.3 is 0 Å². The van der Waals surface area contributed by atoms with Gasteiger partial charge in [-0.15, -0.1) is 19.0 Å². The molecule has 2 nitrogen and oxygen atoms in total. The lowest BCUT2D eigenvalue weighted by atomic mass is 10.0. The summed E-state index contributed by atoms with van der Waals surface area (Å²) >= 11 is 6.16. The Morgan fingerprint density at radius 3 is 2.63 bits per heavy atom. The number of hydrogen-bond donors (Lipinski definition) is 1. The van der Waals surface area contributed by atoms with Crippen molar-refractivity contribution in [1.82, 2.24) is 10.2 Å². The first-order chi connectivity index (χ1) is 8.65. The van der Waals surface area contributed by atoms with Crippen molar-refractivity contribution in [2.75, 3.05) is 26.2 Å². The molecule has 19 heavy (non-hydrogen) atoms. The fraction of sp³-hybridized carbons (Fsp3) is 0.429. The number of aryl methyl sites for hydroxylation is 1. The Balaban J connectivity index is 0.00000180.